The van der Waals surface area contributed by atoms with Crippen LogP contribution in [0.3, 0.4) is 0 Å². The van der Waals surface area contributed by atoms with Gasteiger partial charge in [-0.25, -0.2) is 19.4 Å². The number of carbonyl (C=O) groups is 3. The lowest BCUT2D eigenvalue weighted by Gasteiger charge is -2.12. The average Bonchev–Trinajstić information content (AvgIpc) is 3.49. The normalized spacial score (nSPS) is 11.1. The van der Waals surface area contributed by atoms with Gasteiger partial charge in [0, 0.05) is 18.5 Å². The van der Waals surface area contributed by atoms with Gasteiger partial charge in [0.25, 0.3) is 5.78 Å². The van der Waals surface area contributed by atoms with E-state index in [2.05, 4.69) is 0 Å². The van der Waals surface area contributed by atoms with Gasteiger partial charge in [-0.15, -0.1) is 0 Å². The Bertz CT molecular complexity index is 1810. The van der Waals surface area contributed by atoms with Crippen LogP contribution in [-0.4, -0.2) is 32.4 Å². The number of ether oxygens (including phenoxy) is 1. The van der Waals surface area contributed by atoms with Crippen molar-refractivity contribution in [2.45, 2.75) is 33.4 Å². The molecule has 0 saturated heterocycles. The lowest BCUT2D eigenvalue weighted by molar-refractivity contribution is -0.131. The highest BCUT2D eigenvalue weighted by molar-refractivity contribution is 6.41. The Morgan fingerprint density at radius 3 is 2.35 bits per heavy atom. The number of hydrogen-bond donors (Lipinski definition) is 1. The number of fused-ring (bicyclic) bond motifs is 1. The van der Waals surface area contributed by atoms with Crippen molar-refractivity contribution in [1.29, 1.82) is 0 Å². The van der Waals surface area contributed by atoms with Crippen LogP contribution in [0.15, 0.2) is 80.4 Å². The van der Waals surface area contributed by atoms with Crippen molar-refractivity contribution in [2.24, 2.45) is 0 Å². The third-order valence-electron chi connectivity index (χ3n) is 6.52. The number of carboxylic acids is 1. The number of Topliss-reactive ketones (excluding diaryl/α,β-unsaturated/α-hetero) is 1. The van der Waals surface area contributed by atoms with Crippen LogP contribution < -0.4 is 5.82 Å². The Kier molecular flexibility index (Phi) is 7.15. The molecule has 40 heavy (non-hydrogen) atoms. The SMILES string of the molecule is CCc1nc2cccc(C(=O)OCc3oc(=O)oc3C)c2n1Cc1ccc(-c2ccccc2C(=O)C(=O)O)cc1. The van der Waals surface area contributed by atoms with Gasteiger partial charge in [0.15, 0.2) is 18.1 Å². The number of aromatic nitrogens is 2. The van der Waals surface area contributed by atoms with Gasteiger partial charge in [-0.1, -0.05) is 61.5 Å². The fourth-order valence-corrected chi connectivity index (χ4v) is 4.57. The first-order valence-corrected chi connectivity index (χ1v) is 12.5. The van der Waals surface area contributed by atoms with Gasteiger partial charge in [-0.3, -0.25) is 4.79 Å². The molecule has 0 aliphatic heterocycles. The number of carboxylic acid groups (broad SMARTS) is 1. The molecule has 0 radical (unpaired) electrons. The summed E-state index contributed by atoms with van der Waals surface area (Å²) in [6, 6.07) is 19.2. The maximum atomic E-state index is 13.1. The largest absolute Gasteiger partial charge is 0.519 e. The van der Waals surface area contributed by atoms with Gasteiger partial charge in [-0.2, -0.15) is 0 Å². The first-order valence-electron chi connectivity index (χ1n) is 12.5. The average molecular weight is 541 g/mol. The molecule has 0 unspecified atom stereocenters. The molecule has 10 nitrogen and oxygen atoms in total. The zero-order chi connectivity index (χ0) is 28.4. The Balaban J connectivity index is 1.45. The van der Waals surface area contributed by atoms with Crippen LogP contribution in [0.4, 0.5) is 0 Å². The summed E-state index contributed by atoms with van der Waals surface area (Å²) in [5, 5.41) is 9.18. The van der Waals surface area contributed by atoms with Gasteiger partial charge >= 0.3 is 17.8 Å². The number of rotatable bonds is 9. The fraction of sp³-hybridized carbons (Fsp3) is 0.167. The molecular weight excluding hydrogens is 516 g/mol. The smallest absolute Gasteiger partial charge is 0.475 e. The second kappa shape index (κ2) is 10.9. The van der Waals surface area contributed by atoms with E-state index < -0.39 is 23.5 Å². The third kappa shape index (κ3) is 5.06. The summed E-state index contributed by atoms with van der Waals surface area (Å²) in [6.07, 6.45) is 0.616. The van der Waals surface area contributed by atoms with E-state index in [1.54, 1.807) is 37.3 Å². The van der Waals surface area contributed by atoms with Crippen molar-refractivity contribution in [2.75, 3.05) is 0 Å². The molecule has 0 bridgehead atoms. The molecule has 1 N–H and O–H groups in total. The zero-order valence-corrected chi connectivity index (χ0v) is 21.7. The Labute approximate surface area is 227 Å². The van der Waals surface area contributed by atoms with E-state index in [1.807, 2.05) is 41.8 Å². The molecule has 202 valence electrons. The van der Waals surface area contributed by atoms with Crippen LogP contribution in [0.25, 0.3) is 22.2 Å². The van der Waals surface area contributed by atoms with Crippen molar-refractivity contribution in [3.8, 4) is 11.1 Å². The van der Waals surface area contributed by atoms with Gasteiger partial charge in [0.1, 0.15) is 5.82 Å². The maximum absolute atomic E-state index is 13.1. The summed E-state index contributed by atoms with van der Waals surface area (Å²) in [5.41, 5.74) is 3.80. The quantitative estimate of drug-likeness (QED) is 0.159. The summed E-state index contributed by atoms with van der Waals surface area (Å²) < 4.78 is 17.1. The minimum Gasteiger partial charge on any atom is -0.475 e. The van der Waals surface area contributed by atoms with Crippen LogP contribution in [0, 0.1) is 6.92 Å². The van der Waals surface area contributed by atoms with Crippen LogP contribution in [0.2, 0.25) is 0 Å². The minimum atomic E-state index is -1.51. The van der Waals surface area contributed by atoms with E-state index >= 15 is 0 Å². The molecule has 2 aromatic heterocycles. The van der Waals surface area contributed by atoms with Crippen molar-refractivity contribution < 1.29 is 33.1 Å². The monoisotopic (exact) mass is 540 g/mol. The summed E-state index contributed by atoms with van der Waals surface area (Å²) >= 11 is 0. The predicted octanol–water partition coefficient (Wildman–Crippen LogP) is 4.79. The molecule has 0 spiro atoms. The molecular formula is C30H24N2O8. The van der Waals surface area contributed by atoms with Crippen LogP contribution >= 0.6 is 0 Å². The predicted molar refractivity (Wildman–Crippen MR) is 143 cm³/mol. The number of nitrogens with zero attached hydrogens (tertiary/aromatic N) is 2. The van der Waals surface area contributed by atoms with Crippen molar-refractivity contribution in [3.63, 3.8) is 0 Å². The standard InChI is InChI=1S/C30H24N2O8/c1-3-25-31-23-10-6-9-22(29(36)38-16-24-17(2)39-30(37)40-24)26(23)32(25)15-18-11-13-19(14-12-18)20-7-4-5-8-21(20)27(33)28(34)35/h4-14H,3,15-16H2,1-2H3,(H,34,35). The molecule has 5 rings (SSSR count). The molecule has 0 aliphatic carbocycles. The lowest BCUT2D eigenvalue weighted by atomic mass is 9.96. The summed E-state index contributed by atoms with van der Waals surface area (Å²) in [5.74, 6) is -2.79. The summed E-state index contributed by atoms with van der Waals surface area (Å²) in [7, 11) is 0. The third-order valence-corrected chi connectivity index (χ3v) is 6.52. The molecule has 3 aromatic carbocycles. The van der Waals surface area contributed by atoms with E-state index in [9.17, 15) is 24.3 Å². The van der Waals surface area contributed by atoms with E-state index in [4.69, 9.17) is 18.6 Å². The second-order valence-corrected chi connectivity index (χ2v) is 9.03. The van der Waals surface area contributed by atoms with E-state index in [0.29, 0.717) is 40.7 Å². The molecule has 0 amide bonds. The number of aliphatic carboxylic acids is 1. The fourth-order valence-electron chi connectivity index (χ4n) is 4.57. The van der Waals surface area contributed by atoms with Gasteiger partial charge < -0.3 is 23.2 Å². The van der Waals surface area contributed by atoms with Crippen LogP contribution in [0.5, 0.6) is 0 Å². The molecule has 0 aliphatic rings. The summed E-state index contributed by atoms with van der Waals surface area (Å²) in [6.45, 7) is 3.66. The van der Waals surface area contributed by atoms with Crippen molar-refractivity contribution >= 4 is 28.8 Å². The van der Waals surface area contributed by atoms with Gasteiger partial charge in [-0.05, 0) is 35.7 Å². The Morgan fingerprint density at radius 2 is 1.68 bits per heavy atom. The highest BCUT2D eigenvalue weighted by Gasteiger charge is 2.21. The molecule has 2 heterocycles. The Morgan fingerprint density at radius 1 is 0.950 bits per heavy atom. The number of para-hydroxylation sites is 1. The molecule has 0 atom stereocenters. The summed E-state index contributed by atoms with van der Waals surface area (Å²) in [4.78, 5) is 52.6. The molecule has 0 fully saturated rings. The number of benzene rings is 3. The van der Waals surface area contributed by atoms with Crippen LogP contribution in [-0.2, 0) is 29.1 Å². The number of aryl methyl sites for hydroxylation is 2. The first kappa shape index (κ1) is 26.4. The number of ketones is 1. The Hall–Kier alpha value is -5.25. The van der Waals surface area contributed by atoms with E-state index in [-0.39, 0.29) is 23.7 Å². The van der Waals surface area contributed by atoms with Crippen molar-refractivity contribution in [1.82, 2.24) is 9.55 Å². The topological polar surface area (TPSA) is 142 Å². The van der Waals surface area contributed by atoms with E-state index in [1.165, 1.54) is 6.07 Å². The maximum Gasteiger partial charge on any atom is 0.519 e. The minimum absolute atomic E-state index is 0.115. The lowest BCUT2D eigenvalue weighted by Crippen LogP contribution is -2.13. The van der Waals surface area contributed by atoms with Crippen LogP contribution in [0.1, 0.15) is 50.5 Å². The first-order chi connectivity index (χ1) is 19.3. The van der Waals surface area contributed by atoms with Gasteiger partial charge in [0.05, 0.1) is 16.6 Å². The zero-order valence-electron chi connectivity index (χ0n) is 21.7. The number of hydrogen-bond acceptors (Lipinski definition) is 8. The highest BCUT2D eigenvalue weighted by atomic mass is 16.6. The molecule has 5 aromatic rings. The number of esters is 1. The van der Waals surface area contributed by atoms with Crippen molar-refractivity contribution in [3.05, 3.63) is 111 Å². The number of carbonyl (C=O) groups excluding carboxylic acids is 2. The van der Waals surface area contributed by atoms with Gasteiger partial charge in [0.2, 0.25) is 0 Å². The van der Waals surface area contributed by atoms with E-state index in [0.717, 1.165) is 11.4 Å². The highest BCUT2D eigenvalue weighted by Crippen LogP contribution is 2.27. The molecule has 0 saturated carbocycles. The number of imidazole rings is 1. The second-order valence-electron chi connectivity index (χ2n) is 9.03. The molecule has 10 heteroatoms.